The molecule has 2 aromatic carbocycles. The van der Waals surface area contributed by atoms with E-state index >= 15 is 0 Å². The van der Waals surface area contributed by atoms with Gasteiger partial charge in [-0.1, -0.05) is 23.7 Å². The molecule has 0 unspecified atom stereocenters. The van der Waals surface area contributed by atoms with Gasteiger partial charge in [0.25, 0.3) is 0 Å². The van der Waals surface area contributed by atoms with Crippen molar-refractivity contribution in [1.29, 1.82) is 0 Å². The second-order valence-corrected chi connectivity index (χ2v) is 5.64. The predicted molar refractivity (Wildman–Crippen MR) is 82.3 cm³/mol. The van der Waals surface area contributed by atoms with Crippen LogP contribution in [0.3, 0.4) is 0 Å². The van der Waals surface area contributed by atoms with Gasteiger partial charge in [0.15, 0.2) is 0 Å². The van der Waals surface area contributed by atoms with Gasteiger partial charge in [0.05, 0.1) is 22.0 Å². The number of rotatable bonds is 2. The molecule has 6 heteroatoms. The molecular formula is C15H9ClF2N2S. The van der Waals surface area contributed by atoms with Crippen molar-refractivity contribution < 1.29 is 8.78 Å². The van der Waals surface area contributed by atoms with E-state index in [1.807, 2.05) is 0 Å². The van der Waals surface area contributed by atoms with Crippen LogP contribution < -0.4 is 5.73 Å². The summed E-state index contributed by atoms with van der Waals surface area (Å²) < 4.78 is 27.5. The van der Waals surface area contributed by atoms with Crippen molar-refractivity contribution in [2.24, 2.45) is 0 Å². The highest BCUT2D eigenvalue weighted by Crippen LogP contribution is 2.33. The van der Waals surface area contributed by atoms with Crippen molar-refractivity contribution in [2.75, 3.05) is 5.73 Å². The lowest BCUT2D eigenvalue weighted by Crippen LogP contribution is -1.90. The summed E-state index contributed by atoms with van der Waals surface area (Å²) in [5, 5.41) is 2.47. The van der Waals surface area contributed by atoms with Crippen LogP contribution in [0.25, 0.3) is 21.8 Å². The summed E-state index contributed by atoms with van der Waals surface area (Å²) in [5.41, 5.74) is 7.41. The summed E-state index contributed by atoms with van der Waals surface area (Å²) in [4.78, 5) is 4.28. The maximum absolute atomic E-state index is 13.8. The largest absolute Gasteiger partial charge is 0.398 e. The minimum Gasteiger partial charge on any atom is -0.398 e. The van der Waals surface area contributed by atoms with Crippen molar-refractivity contribution >= 4 is 28.6 Å². The zero-order chi connectivity index (χ0) is 15.0. The van der Waals surface area contributed by atoms with Gasteiger partial charge in [-0.2, -0.15) is 0 Å². The number of hydrogen-bond donors (Lipinski definition) is 1. The Morgan fingerprint density at radius 1 is 1.10 bits per heavy atom. The van der Waals surface area contributed by atoms with Crippen LogP contribution in [0, 0.1) is 11.6 Å². The second-order valence-electron chi connectivity index (χ2n) is 4.37. The Hall–Kier alpha value is -1.98. The number of benzene rings is 2. The first-order valence-corrected chi connectivity index (χ1v) is 7.27. The van der Waals surface area contributed by atoms with E-state index in [-0.39, 0.29) is 10.6 Å². The highest BCUT2D eigenvalue weighted by molar-refractivity contribution is 7.13. The SMILES string of the molecule is Nc1cc(-c2csc(-c3c(F)cccc3F)n2)ccc1Cl. The van der Waals surface area contributed by atoms with Gasteiger partial charge in [0, 0.05) is 10.9 Å². The molecule has 0 aliphatic rings. The van der Waals surface area contributed by atoms with E-state index < -0.39 is 11.6 Å². The molecular weight excluding hydrogens is 314 g/mol. The minimum atomic E-state index is -0.633. The fourth-order valence-electron chi connectivity index (χ4n) is 1.93. The van der Waals surface area contributed by atoms with E-state index in [0.29, 0.717) is 16.4 Å². The predicted octanol–water partition coefficient (Wildman–Crippen LogP) is 4.99. The number of nitrogens with two attached hydrogens (primary N) is 1. The molecule has 0 radical (unpaired) electrons. The molecule has 0 atom stereocenters. The Bertz CT molecular complexity index is 797. The number of hydrogen-bond acceptors (Lipinski definition) is 3. The first-order valence-electron chi connectivity index (χ1n) is 6.01. The van der Waals surface area contributed by atoms with E-state index in [1.165, 1.54) is 29.5 Å². The molecule has 3 aromatic rings. The Kier molecular flexibility index (Phi) is 3.61. The van der Waals surface area contributed by atoms with Gasteiger partial charge in [-0.15, -0.1) is 11.3 Å². The van der Waals surface area contributed by atoms with Crippen molar-refractivity contribution in [1.82, 2.24) is 4.98 Å². The van der Waals surface area contributed by atoms with E-state index in [0.717, 1.165) is 5.56 Å². The molecule has 2 N–H and O–H groups in total. The van der Waals surface area contributed by atoms with Crippen LogP contribution in [0.1, 0.15) is 0 Å². The van der Waals surface area contributed by atoms with Crippen LogP contribution in [0.2, 0.25) is 5.02 Å². The van der Waals surface area contributed by atoms with Gasteiger partial charge in [-0.3, -0.25) is 0 Å². The van der Waals surface area contributed by atoms with E-state index in [1.54, 1.807) is 23.6 Å². The third kappa shape index (κ3) is 2.62. The Balaban J connectivity index is 2.06. The Labute approximate surface area is 128 Å². The molecule has 106 valence electrons. The number of nitrogens with zero attached hydrogens (tertiary/aromatic N) is 1. The highest BCUT2D eigenvalue weighted by Gasteiger charge is 2.15. The average Bonchev–Trinajstić information content (AvgIpc) is 2.91. The molecule has 0 aliphatic heterocycles. The first-order chi connectivity index (χ1) is 10.1. The number of anilines is 1. The Morgan fingerprint density at radius 3 is 2.48 bits per heavy atom. The van der Waals surface area contributed by atoms with Crippen LogP contribution >= 0.6 is 22.9 Å². The van der Waals surface area contributed by atoms with Gasteiger partial charge in [0.2, 0.25) is 0 Å². The topological polar surface area (TPSA) is 38.9 Å². The third-order valence-corrected chi connectivity index (χ3v) is 4.18. The molecule has 0 amide bonds. The molecule has 0 saturated heterocycles. The number of thiazole rings is 1. The summed E-state index contributed by atoms with van der Waals surface area (Å²) in [5.74, 6) is -1.27. The van der Waals surface area contributed by atoms with Crippen LogP contribution in [0.15, 0.2) is 41.8 Å². The lowest BCUT2D eigenvalue weighted by atomic mass is 10.1. The van der Waals surface area contributed by atoms with Crippen LogP contribution in [-0.4, -0.2) is 4.98 Å². The third-order valence-electron chi connectivity index (χ3n) is 2.97. The summed E-state index contributed by atoms with van der Waals surface area (Å²) in [7, 11) is 0. The number of aromatic nitrogens is 1. The van der Waals surface area contributed by atoms with Gasteiger partial charge < -0.3 is 5.73 Å². The number of halogens is 3. The summed E-state index contributed by atoms with van der Waals surface area (Å²) in [6.45, 7) is 0. The molecule has 0 bridgehead atoms. The summed E-state index contributed by atoms with van der Waals surface area (Å²) >= 11 is 7.04. The number of nitrogen functional groups attached to an aromatic ring is 1. The monoisotopic (exact) mass is 322 g/mol. The lowest BCUT2D eigenvalue weighted by Gasteiger charge is -2.02. The van der Waals surface area contributed by atoms with Crippen LogP contribution in [0.4, 0.5) is 14.5 Å². The van der Waals surface area contributed by atoms with Crippen LogP contribution in [0.5, 0.6) is 0 Å². The maximum atomic E-state index is 13.8. The van der Waals surface area contributed by atoms with Gasteiger partial charge in [-0.25, -0.2) is 13.8 Å². The van der Waals surface area contributed by atoms with Crippen molar-refractivity contribution in [3.8, 4) is 21.8 Å². The summed E-state index contributed by atoms with van der Waals surface area (Å²) in [6, 6.07) is 8.84. The zero-order valence-electron chi connectivity index (χ0n) is 10.6. The van der Waals surface area contributed by atoms with Crippen molar-refractivity contribution in [3.05, 3.63) is 58.4 Å². The van der Waals surface area contributed by atoms with Crippen molar-refractivity contribution in [2.45, 2.75) is 0 Å². The standard InChI is InChI=1S/C15H9ClF2N2S/c16-9-5-4-8(6-12(9)19)13-7-21-15(20-13)14-10(17)2-1-3-11(14)18/h1-7H,19H2. The summed E-state index contributed by atoms with van der Waals surface area (Å²) in [6.07, 6.45) is 0. The molecule has 1 heterocycles. The molecule has 0 aliphatic carbocycles. The highest BCUT2D eigenvalue weighted by atomic mass is 35.5. The smallest absolute Gasteiger partial charge is 0.136 e. The molecule has 0 fully saturated rings. The minimum absolute atomic E-state index is 0.115. The molecule has 1 aromatic heterocycles. The fraction of sp³-hybridized carbons (Fsp3) is 0. The second kappa shape index (κ2) is 5.42. The average molecular weight is 323 g/mol. The molecule has 0 spiro atoms. The van der Waals surface area contributed by atoms with E-state index in [2.05, 4.69) is 4.98 Å². The Morgan fingerprint density at radius 2 is 1.81 bits per heavy atom. The molecule has 2 nitrogen and oxygen atoms in total. The van der Waals surface area contributed by atoms with Gasteiger partial charge in [0.1, 0.15) is 16.6 Å². The lowest BCUT2D eigenvalue weighted by molar-refractivity contribution is 0.589. The fourth-order valence-corrected chi connectivity index (χ4v) is 2.92. The maximum Gasteiger partial charge on any atom is 0.136 e. The first kappa shape index (κ1) is 14.0. The molecule has 0 saturated carbocycles. The van der Waals surface area contributed by atoms with Crippen LogP contribution in [-0.2, 0) is 0 Å². The zero-order valence-corrected chi connectivity index (χ0v) is 12.2. The molecule has 3 rings (SSSR count). The van der Waals surface area contributed by atoms with Gasteiger partial charge >= 0.3 is 0 Å². The quantitative estimate of drug-likeness (QED) is 0.675. The normalized spacial score (nSPS) is 10.8. The van der Waals surface area contributed by atoms with E-state index in [9.17, 15) is 8.78 Å². The van der Waals surface area contributed by atoms with E-state index in [4.69, 9.17) is 17.3 Å². The van der Waals surface area contributed by atoms with Crippen molar-refractivity contribution in [3.63, 3.8) is 0 Å². The van der Waals surface area contributed by atoms with Gasteiger partial charge in [-0.05, 0) is 24.3 Å². The molecule has 21 heavy (non-hydrogen) atoms.